The van der Waals surface area contributed by atoms with Crippen LogP contribution in [0.1, 0.15) is 69.1 Å². The van der Waals surface area contributed by atoms with Gasteiger partial charge in [-0.2, -0.15) is 0 Å². The Morgan fingerprint density at radius 3 is 1.28 bits per heavy atom. The van der Waals surface area contributed by atoms with Crippen molar-refractivity contribution in [1.82, 2.24) is 0 Å². The largest absolute Gasteiger partial charge is 0.295 e. The average molecular weight is 246 g/mol. The minimum absolute atomic E-state index is 0.0972. The second-order valence-electron chi connectivity index (χ2n) is 4.17. The fourth-order valence-corrected chi connectivity index (χ4v) is 1.78. The predicted molar refractivity (Wildman–Crippen MR) is 66.5 cm³/mol. The average Bonchev–Trinajstić information content (AvgIpc) is 2.26. The summed E-state index contributed by atoms with van der Waals surface area (Å²) in [4.78, 5) is 46.0. The monoisotopic (exact) mass is 246 g/mol. The van der Waals surface area contributed by atoms with Gasteiger partial charge in [0, 0.05) is 22.3 Å². The molecule has 0 spiro atoms. The smallest absolute Gasteiger partial charge is 0.161 e. The molecule has 4 heteroatoms. The zero-order valence-electron chi connectivity index (χ0n) is 10.8. The van der Waals surface area contributed by atoms with E-state index in [0.29, 0.717) is 0 Å². The maximum absolute atomic E-state index is 11.6. The van der Waals surface area contributed by atoms with Crippen LogP contribution in [-0.4, -0.2) is 23.1 Å². The minimum atomic E-state index is -0.361. The van der Waals surface area contributed by atoms with Gasteiger partial charge in [0.15, 0.2) is 23.1 Å². The van der Waals surface area contributed by atoms with Gasteiger partial charge in [-0.15, -0.1) is 0 Å². The fourth-order valence-electron chi connectivity index (χ4n) is 1.78. The summed E-state index contributed by atoms with van der Waals surface area (Å²) in [6.45, 7) is 5.24. The second kappa shape index (κ2) is 5.04. The van der Waals surface area contributed by atoms with E-state index in [0.717, 1.165) is 0 Å². The van der Waals surface area contributed by atoms with Crippen molar-refractivity contribution in [2.45, 2.75) is 27.7 Å². The van der Waals surface area contributed by atoms with Gasteiger partial charge >= 0.3 is 0 Å². The topological polar surface area (TPSA) is 68.3 Å². The SMILES string of the molecule is CC(=O)c1cc(C(C)=O)c(C(C)=O)c(C(C)=O)c1. The van der Waals surface area contributed by atoms with Crippen LogP contribution in [0.3, 0.4) is 0 Å². The van der Waals surface area contributed by atoms with E-state index < -0.39 is 0 Å². The fraction of sp³-hybridized carbons (Fsp3) is 0.286. The molecule has 0 aliphatic heterocycles. The van der Waals surface area contributed by atoms with Crippen molar-refractivity contribution in [1.29, 1.82) is 0 Å². The van der Waals surface area contributed by atoms with Crippen LogP contribution in [0.5, 0.6) is 0 Å². The van der Waals surface area contributed by atoms with Gasteiger partial charge in [-0.05, 0) is 39.8 Å². The Labute approximate surface area is 105 Å². The molecule has 0 aromatic heterocycles. The van der Waals surface area contributed by atoms with E-state index >= 15 is 0 Å². The summed E-state index contributed by atoms with van der Waals surface area (Å²) in [5.41, 5.74) is 0.608. The van der Waals surface area contributed by atoms with Gasteiger partial charge in [0.25, 0.3) is 0 Å². The van der Waals surface area contributed by atoms with Crippen molar-refractivity contribution in [2.75, 3.05) is 0 Å². The first kappa shape index (κ1) is 14.0. The van der Waals surface area contributed by atoms with Gasteiger partial charge in [-0.1, -0.05) is 0 Å². The van der Waals surface area contributed by atoms with Crippen LogP contribution in [0.25, 0.3) is 0 Å². The van der Waals surface area contributed by atoms with Gasteiger partial charge in [0.2, 0.25) is 0 Å². The summed E-state index contributed by atoms with van der Waals surface area (Å²) in [6, 6.07) is 2.74. The van der Waals surface area contributed by atoms with Crippen molar-refractivity contribution in [3.8, 4) is 0 Å². The number of hydrogen-bond acceptors (Lipinski definition) is 4. The Bertz CT molecular complexity index is 532. The number of hydrogen-bond donors (Lipinski definition) is 0. The molecule has 18 heavy (non-hydrogen) atoms. The Morgan fingerprint density at radius 2 is 1.06 bits per heavy atom. The van der Waals surface area contributed by atoms with Crippen molar-refractivity contribution >= 4 is 23.1 Å². The number of ketones is 4. The van der Waals surface area contributed by atoms with Crippen LogP contribution in [-0.2, 0) is 0 Å². The first-order valence-corrected chi connectivity index (χ1v) is 5.47. The zero-order chi connectivity index (χ0) is 14.0. The first-order valence-electron chi connectivity index (χ1n) is 5.47. The Kier molecular flexibility index (Phi) is 3.91. The van der Waals surface area contributed by atoms with Crippen LogP contribution < -0.4 is 0 Å². The number of carbonyl (C=O) groups is 4. The van der Waals surface area contributed by atoms with E-state index in [1.165, 1.54) is 39.8 Å². The molecule has 1 rings (SSSR count). The summed E-state index contributed by atoms with van der Waals surface area (Å²) in [6.07, 6.45) is 0. The third kappa shape index (κ3) is 2.59. The molecule has 0 bridgehead atoms. The van der Waals surface area contributed by atoms with Crippen LogP contribution >= 0.6 is 0 Å². The number of benzene rings is 1. The Morgan fingerprint density at radius 1 is 0.667 bits per heavy atom. The van der Waals surface area contributed by atoms with Gasteiger partial charge in [-0.3, -0.25) is 19.2 Å². The predicted octanol–water partition coefficient (Wildman–Crippen LogP) is 2.50. The molecule has 0 N–H and O–H groups in total. The number of rotatable bonds is 4. The van der Waals surface area contributed by atoms with E-state index in [-0.39, 0.29) is 45.4 Å². The summed E-state index contributed by atoms with van der Waals surface area (Å²) in [5, 5.41) is 0. The molecular formula is C14H14O4. The highest BCUT2D eigenvalue weighted by Crippen LogP contribution is 2.20. The van der Waals surface area contributed by atoms with Crippen molar-refractivity contribution in [3.05, 3.63) is 34.4 Å². The van der Waals surface area contributed by atoms with E-state index in [9.17, 15) is 19.2 Å². The lowest BCUT2D eigenvalue weighted by atomic mass is 9.90. The lowest BCUT2D eigenvalue weighted by Crippen LogP contribution is -2.13. The van der Waals surface area contributed by atoms with Gasteiger partial charge in [0.1, 0.15) is 0 Å². The normalized spacial score (nSPS) is 10.0. The molecule has 1 aromatic carbocycles. The highest BCUT2D eigenvalue weighted by molar-refractivity contribution is 6.15. The molecule has 1 aromatic rings. The molecule has 0 saturated carbocycles. The molecule has 0 radical (unpaired) electrons. The standard InChI is InChI=1S/C14H14O4/c1-7(15)11-5-12(8(2)16)14(10(4)18)13(6-11)9(3)17/h5-6H,1-4H3. The molecule has 0 aliphatic rings. The maximum atomic E-state index is 11.6. The van der Waals surface area contributed by atoms with Crippen LogP contribution in [0.4, 0.5) is 0 Å². The molecule has 0 atom stereocenters. The molecule has 0 saturated heterocycles. The molecule has 4 nitrogen and oxygen atoms in total. The maximum Gasteiger partial charge on any atom is 0.161 e. The van der Waals surface area contributed by atoms with Crippen LogP contribution in [0.15, 0.2) is 12.1 Å². The summed E-state index contributed by atoms with van der Waals surface area (Å²) in [7, 11) is 0. The molecule has 0 aliphatic carbocycles. The number of Topliss-reactive ketones (excluding diaryl/α,β-unsaturated/α-hetero) is 4. The molecule has 0 fully saturated rings. The van der Waals surface area contributed by atoms with E-state index in [1.54, 1.807) is 0 Å². The molecule has 0 amide bonds. The third-order valence-electron chi connectivity index (χ3n) is 2.66. The van der Waals surface area contributed by atoms with Crippen LogP contribution in [0.2, 0.25) is 0 Å². The Hall–Kier alpha value is -2.10. The summed E-state index contributed by atoms with van der Waals surface area (Å²) >= 11 is 0. The highest BCUT2D eigenvalue weighted by Gasteiger charge is 2.20. The summed E-state index contributed by atoms with van der Waals surface area (Å²) < 4.78 is 0. The second-order valence-corrected chi connectivity index (χ2v) is 4.17. The van der Waals surface area contributed by atoms with Gasteiger partial charge < -0.3 is 0 Å². The van der Waals surface area contributed by atoms with Crippen molar-refractivity contribution in [3.63, 3.8) is 0 Å². The van der Waals surface area contributed by atoms with Gasteiger partial charge in [0.05, 0.1) is 0 Å². The van der Waals surface area contributed by atoms with Crippen molar-refractivity contribution < 1.29 is 19.2 Å². The lowest BCUT2D eigenvalue weighted by Gasteiger charge is -2.10. The summed E-state index contributed by atoms with van der Waals surface area (Å²) in [5.74, 6) is -1.30. The van der Waals surface area contributed by atoms with Crippen molar-refractivity contribution in [2.24, 2.45) is 0 Å². The third-order valence-corrected chi connectivity index (χ3v) is 2.66. The molecule has 0 unspecified atom stereocenters. The van der Waals surface area contributed by atoms with E-state index in [4.69, 9.17) is 0 Å². The molecule has 0 heterocycles. The van der Waals surface area contributed by atoms with Crippen LogP contribution in [0, 0.1) is 0 Å². The highest BCUT2D eigenvalue weighted by atomic mass is 16.1. The molecular weight excluding hydrogens is 232 g/mol. The van der Waals surface area contributed by atoms with E-state index in [2.05, 4.69) is 0 Å². The first-order chi connectivity index (χ1) is 8.25. The quantitative estimate of drug-likeness (QED) is 0.765. The van der Waals surface area contributed by atoms with Gasteiger partial charge in [-0.25, -0.2) is 0 Å². The van der Waals surface area contributed by atoms with E-state index in [1.807, 2.05) is 0 Å². The lowest BCUT2D eigenvalue weighted by molar-refractivity contribution is 0.0967. The Balaban J connectivity index is 3.76. The number of carbonyl (C=O) groups excluding carboxylic acids is 4. The molecule has 94 valence electrons. The zero-order valence-corrected chi connectivity index (χ0v) is 10.8. The minimum Gasteiger partial charge on any atom is -0.295 e.